The first-order valence-corrected chi connectivity index (χ1v) is 9.02. The van der Waals surface area contributed by atoms with Crippen LogP contribution < -0.4 is 4.74 Å². The largest absolute Gasteiger partial charge is 0.484 e. The van der Waals surface area contributed by atoms with Gasteiger partial charge < -0.3 is 19.1 Å². The van der Waals surface area contributed by atoms with Crippen LogP contribution in [0.5, 0.6) is 5.75 Å². The minimum atomic E-state index is 0.0220. The minimum absolute atomic E-state index is 0.0220. The highest BCUT2D eigenvalue weighted by Crippen LogP contribution is 2.35. The Bertz CT molecular complexity index is 560. The zero-order valence-electron chi connectivity index (χ0n) is 13.9. The number of hydrogen-bond acceptors (Lipinski definition) is 4. The van der Waals surface area contributed by atoms with Crippen molar-refractivity contribution in [1.82, 2.24) is 4.90 Å². The maximum absolute atomic E-state index is 12.7. The Kier molecular flexibility index (Phi) is 4.72. The molecule has 3 atom stereocenters. The Morgan fingerprint density at radius 2 is 2.00 bits per heavy atom. The smallest absolute Gasteiger partial charge is 0.260 e. The summed E-state index contributed by atoms with van der Waals surface area (Å²) in [6.45, 7) is 2.09. The summed E-state index contributed by atoms with van der Waals surface area (Å²) in [5.41, 5.74) is 0. The molecule has 0 radical (unpaired) electrons. The molecule has 1 amide bonds. The number of para-hydroxylation sites is 1. The monoisotopic (exact) mass is 331 g/mol. The summed E-state index contributed by atoms with van der Waals surface area (Å²) < 4.78 is 17.7. The molecule has 0 N–H and O–H groups in total. The molecule has 1 aromatic carbocycles. The van der Waals surface area contributed by atoms with Gasteiger partial charge in [0, 0.05) is 13.2 Å². The maximum Gasteiger partial charge on any atom is 0.260 e. The van der Waals surface area contributed by atoms with Crippen molar-refractivity contribution in [1.29, 1.82) is 0 Å². The van der Waals surface area contributed by atoms with Crippen LogP contribution in [0.4, 0.5) is 0 Å². The molecule has 0 unspecified atom stereocenters. The minimum Gasteiger partial charge on any atom is -0.484 e. The van der Waals surface area contributed by atoms with E-state index in [0.29, 0.717) is 13.2 Å². The van der Waals surface area contributed by atoms with Crippen molar-refractivity contribution in [3.05, 3.63) is 30.3 Å². The second kappa shape index (κ2) is 7.11. The Hall–Kier alpha value is -1.59. The molecule has 3 aliphatic rings. The molecular formula is C19H25NO4. The fourth-order valence-corrected chi connectivity index (χ4v) is 3.70. The summed E-state index contributed by atoms with van der Waals surface area (Å²) >= 11 is 0. The number of carbonyl (C=O) groups excluding carboxylic acids is 1. The lowest BCUT2D eigenvalue weighted by molar-refractivity contribution is -0.138. The number of carbonyl (C=O) groups is 1. The van der Waals surface area contributed by atoms with Gasteiger partial charge in [-0.3, -0.25) is 4.79 Å². The number of amides is 1. The van der Waals surface area contributed by atoms with Gasteiger partial charge in [0.15, 0.2) is 6.61 Å². The number of hydrogen-bond donors (Lipinski definition) is 0. The van der Waals surface area contributed by atoms with E-state index in [4.69, 9.17) is 14.2 Å². The van der Waals surface area contributed by atoms with Gasteiger partial charge in [0.2, 0.25) is 0 Å². The summed E-state index contributed by atoms with van der Waals surface area (Å²) in [4.78, 5) is 14.6. The maximum atomic E-state index is 12.7. The second-order valence-electron chi connectivity index (χ2n) is 6.98. The molecule has 2 bridgehead atoms. The van der Waals surface area contributed by atoms with Crippen molar-refractivity contribution >= 4 is 5.91 Å². The highest BCUT2D eigenvalue weighted by atomic mass is 16.5. The van der Waals surface area contributed by atoms with Crippen LogP contribution in [0.2, 0.25) is 0 Å². The molecule has 0 aromatic heterocycles. The summed E-state index contributed by atoms with van der Waals surface area (Å²) in [6.07, 6.45) is 4.64. The highest BCUT2D eigenvalue weighted by molar-refractivity contribution is 5.78. The molecule has 5 heteroatoms. The molecule has 1 saturated heterocycles. The van der Waals surface area contributed by atoms with Gasteiger partial charge in [-0.25, -0.2) is 0 Å². The third-order valence-corrected chi connectivity index (χ3v) is 5.20. The number of rotatable bonds is 6. The molecule has 3 fully saturated rings. The van der Waals surface area contributed by atoms with Gasteiger partial charge in [-0.2, -0.15) is 0 Å². The van der Waals surface area contributed by atoms with Gasteiger partial charge in [0.1, 0.15) is 11.9 Å². The van der Waals surface area contributed by atoms with E-state index in [1.165, 1.54) is 12.8 Å². The average Bonchev–Trinajstić information content (AvgIpc) is 3.36. The van der Waals surface area contributed by atoms with E-state index in [9.17, 15) is 4.79 Å². The molecule has 2 aliphatic carbocycles. The van der Waals surface area contributed by atoms with Crippen LogP contribution in [0.1, 0.15) is 25.7 Å². The van der Waals surface area contributed by atoms with Gasteiger partial charge in [0.25, 0.3) is 5.91 Å². The number of benzene rings is 1. The fraction of sp³-hybridized carbons (Fsp3) is 0.632. The Balaban J connectivity index is 1.38. The van der Waals surface area contributed by atoms with Crippen molar-refractivity contribution in [3.8, 4) is 5.75 Å². The summed E-state index contributed by atoms with van der Waals surface area (Å²) in [5, 5.41) is 0. The lowest BCUT2D eigenvalue weighted by atomic mass is 10.1. The summed E-state index contributed by atoms with van der Waals surface area (Å²) in [6, 6.07) is 9.61. The van der Waals surface area contributed by atoms with E-state index in [1.54, 1.807) is 0 Å². The van der Waals surface area contributed by atoms with Gasteiger partial charge in [0.05, 0.1) is 18.8 Å². The van der Waals surface area contributed by atoms with Crippen LogP contribution in [0.3, 0.4) is 0 Å². The van der Waals surface area contributed by atoms with E-state index in [1.807, 2.05) is 35.2 Å². The van der Waals surface area contributed by atoms with Crippen molar-refractivity contribution in [3.63, 3.8) is 0 Å². The standard InChI is InChI=1S/C19H25NO4/c21-18(13-23-15-4-2-1-3-5-15)20-10-11-22-17-9-8-16(20)19(17)24-12-14-6-7-14/h1-5,14,16-17,19H,6-13H2/t16-,17-,19-/m0/s1. The van der Waals surface area contributed by atoms with Crippen LogP contribution in [-0.2, 0) is 14.3 Å². The van der Waals surface area contributed by atoms with Crippen LogP contribution in [0.15, 0.2) is 30.3 Å². The number of nitrogens with zero attached hydrogens (tertiary/aromatic N) is 1. The van der Waals surface area contributed by atoms with Gasteiger partial charge in [-0.15, -0.1) is 0 Å². The zero-order valence-corrected chi connectivity index (χ0v) is 13.9. The lowest BCUT2D eigenvalue weighted by Gasteiger charge is -2.31. The first kappa shape index (κ1) is 15.9. The number of ether oxygens (including phenoxy) is 3. The second-order valence-corrected chi connectivity index (χ2v) is 6.98. The van der Waals surface area contributed by atoms with Gasteiger partial charge >= 0.3 is 0 Å². The van der Waals surface area contributed by atoms with E-state index in [2.05, 4.69) is 0 Å². The van der Waals surface area contributed by atoms with Crippen molar-refractivity contribution in [2.75, 3.05) is 26.4 Å². The Morgan fingerprint density at radius 1 is 1.17 bits per heavy atom. The molecular weight excluding hydrogens is 306 g/mol. The zero-order chi connectivity index (χ0) is 16.4. The average molecular weight is 331 g/mol. The van der Waals surface area contributed by atoms with Crippen molar-refractivity contribution in [2.24, 2.45) is 5.92 Å². The number of fused-ring (bicyclic) bond motifs is 2. The molecule has 4 rings (SSSR count). The van der Waals surface area contributed by atoms with Crippen LogP contribution in [0, 0.1) is 5.92 Å². The van der Waals surface area contributed by atoms with E-state index < -0.39 is 0 Å². The summed E-state index contributed by atoms with van der Waals surface area (Å²) in [7, 11) is 0. The highest BCUT2D eigenvalue weighted by Gasteiger charge is 2.45. The third-order valence-electron chi connectivity index (χ3n) is 5.20. The lowest BCUT2D eigenvalue weighted by Crippen LogP contribution is -2.48. The molecule has 130 valence electrons. The summed E-state index contributed by atoms with van der Waals surface area (Å²) in [5.74, 6) is 1.47. The normalized spacial score (nSPS) is 29.3. The van der Waals surface area contributed by atoms with Crippen molar-refractivity contribution < 1.29 is 19.0 Å². The Labute approximate surface area is 142 Å². The Morgan fingerprint density at radius 3 is 2.79 bits per heavy atom. The van der Waals surface area contributed by atoms with E-state index in [0.717, 1.165) is 31.1 Å². The molecule has 24 heavy (non-hydrogen) atoms. The quantitative estimate of drug-likeness (QED) is 0.802. The van der Waals surface area contributed by atoms with Crippen molar-refractivity contribution in [2.45, 2.75) is 43.9 Å². The molecule has 2 saturated carbocycles. The molecule has 5 nitrogen and oxygen atoms in total. The first-order valence-electron chi connectivity index (χ1n) is 9.02. The predicted molar refractivity (Wildman–Crippen MR) is 88.9 cm³/mol. The van der Waals surface area contributed by atoms with Crippen LogP contribution >= 0.6 is 0 Å². The van der Waals surface area contributed by atoms with Crippen LogP contribution in [0.25, 0.3) is 0 Å². The SMILES string of the molecule is O=C(COc1ccccc1)N1CCO[C@H]2CC[C@H]1[C@@H]2OCC1CC1. The first-order chi connectivity index (χ1) is 11.8. The molecule has 1 heterocycles. The molecule has 1 aliphatic heterocycles. The predicted octanol–water partition coefficient (Wildman–Crippen LogP) is 2.25. The van der Waals surface area contributed by atoms with Crippen LogP contribution in [-0.4, -0.2) is 55.4 Å². The topological polar surface area (TPSA) is 48.0 Å². The van der Waals surface area contributed by atoms with Gasteiger partial charge in [-0.05, 0) is 43.7 Å². The fourth-order valence-electron chi connectivity index (χ4n) is 3.70. The molecule has 0 spiro atoms. The third kappa shape index (κ3) is 3.57. The molecule has 1 aromatic rings. The van der Waals surface area contributed by atoms with E-state index >= 15 is 0 Å². The van der Waals surface area contributed by atoms with E-state index in [-0.39, 0.29) is 30.8 Å². The van der Waals surface area contributed by atoms with Gasteiger partial charge in [-0.1, -0.05) is 18.2 Å².